The van der Waals surface area contributed by atoms with E-state index in [1.165, 1.54) is 4.90 Å². The standard InChI is InChI=1S/C21H13F6N/c22-19(23)17-12-11-16(13-18(17)20(24,25)21(19,26)27)28(14-7-3-1-4-8-14)15-9-5-2-6-10-15/h1-13H. The van der Waals surface area contributed by atoms with Crippen LogP contribution in [0.3, 0.4) is 0 Å². The van der Waals surface area contributed by atoms with E-state index in [4.69, 9.17) is 0 Å². The number of halogens is 6. The second-order valence-corrected chi connectivity index (χ2v) is 6.46. The minimum absolute atomic E-state index is 0.0734. The van der Waals surface area contributed by atoms with Gasteiger partial charge in [0.2, 0.25) is 0 Å². The molecular formula is C21H13F6N. The predicted octanol–water partition coefficient (Wildman–Crippen LogP) is 6.99. The van der Waals surface area contributed by atoms with E-state index in [1.807, 2.05) is 0 Å². The third-order valence-corrected chi connectivity index (χ3v) is 4.76. The Bertz CT molecular complexity index is 962. The highest BCUT2D eigenvalue weighted by atomic mass is 19.3. The van der Waals surface area contributed by atoms with Crippen LogP contribution >= 0.6 is 0 Å². The van der Waals surface area contributed by atoms with Gasteiger partial charge in [0.25, 0.3) is 0 Å². The maximum absolute atomic E-state index is 14.2. The van der Waals surface area contributed by atoms with Crippen molar-refractivity contribution in [3.05, 3.63) is 90.0 Å². The van der Waals surface area contributed by atoms with Crippen LogP contribution in [-0.2, 0) is 11.8 Å². The van der Waals surface area contributed by atoms with E-state index in [2.05, 4.69) is 0 Å². The minimum Gasteiger partial charge on any atom is -0.310 e. The van der Waals surface area contributed by atoms with Gasteiger partial charge in [-0.2, -0.15) is 26.3 Å². The summed E-state index contributed by atoms with van der Waals surface area (Å²) in [4.78, 5) is 1.53. The van der Waals surface area contributed by atoms with Crippen LogP contribution in [0.1, 0.15) is 11.1 Å². The van der Waals surface area contributed by atoms with Gasteiger partial charge in [-0.3, -0.25) is 0 Å². The maximum atomic E-state index is 14.2. The Morgan fingerprint density at radius 3 is 1.46 bits per heavy atom. The van der Waals surface area contributed by atoms with Crippen molar-refractivity contribution in [1.82, 2.24) is 0 Å². The van der Waals surface area contributed by atoms with Crippen molar-refractivity contribution in [2.45, 2.75) is 17.8 Å². The number of rotatable bonds is 3. The molecule has 7 heteroatoms. The molecule has 0 saturated carbocycles. The van der Waals surface area contributed by atoms with Gasteiger partial charge in [-0.25, -0.2) is 0 Å². The number of benzene rings is 3. The lowest BCUT2D eigenvalue weighted by molar-refractivity contribution is -0.302. The summed E-state index contributed by atoms with van der Waals surface area (Å²) in [6, 6.07) is 19.7. The first-order valence-electron chi connectivity index (χ1n) is 8.36. The van der Waals surface area contributed by atoms with Gasteiger partial charge < -0.3 is 4.90 Å². The number of alkyl halides is 6. The Labute approximate surface area is 156 Å². The van der Waals surface area contributed by atoms with Crippen LogP contribution in [0.15, 0.2) is 78.9 Å². The Kier molecular flexibility index (Phi) is 3.96. The molecule has 3 aromatic rings. The van der Waals surface area contributed by atoms with Crippen molar-refractivity contribution < 1.29 is 26.3 Å². The van der Waals surface area contributed by atoms with E-state index < -0.39 is 28.9 Å². The zero-order valence-corrected chi connectivity index (χ0v) is 14.2. The van der Waals surface area contributed by atoms with E-state index in [9.17, 15) is 26.3 Å². The second-order valence-electron chi connectivity index (χ2n) is 6.46. The van der Waals surface area contributed by atoms with Crippen molar-refractivity contribution in [3.63, 3.8) is 0 Å². The first kappa shape index (κ1) is 18.4. The van der Waals surface area contributed by atoms with Crippen molar-refractivity contribution in [2.75, 3.05) is 4.90 Å². The van der Waals surface area contributed by atoms with Gasteiger partial charge in [0, 0.05) is 28.2 Å². The largest absolute Gasteiger partial charge is 0.380 e. The van der Waals surface area contributed by atoms with Gasteiger partial charge in [-0.05, 0) is 36.4 Å². The fraction of sp³-hybridized carbons (Fsp3) is 0.143. The molecule has 3 aromatic carbocycles. The third kappa shape index (κ3) is 2.42. The summed E-state index contributed by atoms with van der Waals surface area (Å²) in [7, 11) is 0. The van der Waals surface area contributed by atoms with Crippen LogP contribution in [0.5, 0.6) is 0 Å². The quantitative estimate of drug-likeness (QED) is 0.434. The van der Waals surface area contributed by atoms with Gasteiger partial charge in [0.15, 0.2) is 0 Å². The second kappa shape index (κ2) is 6.02. The average molecular weight is 393 g/mol. The highest BCUT2D eigenvalue weighted by Crippen LogP contribution is 2.63. The lowest BCUT2D eigenvalue weighted by Crippen LogP contribution is -2.43. The minimum atomic E-state index is -5.49. The van der Waals surface area contributed by atoms with E-state index in [0.29, 0.717) is 23.5 Å². The van der Waals surface area contributed by atoms with Crippen LogP contribution in [-0.4, -0.2) is 5.92 Å². The average Bonchev–Trinajstić information content (AvgIpc) is 2.79. The van der Waals surface area contributed by atoms with E-state index in [1.54, 1.807) is 60.7 Å². The molecule has 0 heterocycles. The number of nitrogens with zero attached hydrogens (tertiary/aromatic N) is 1. The molecule has 1 aliphatic carbocycles. The van der Waals surface area contributed by atoms with Crippen molar-refractivity contribution in [1.29, 1.82) is 0 Å². The Morgan fingerprint density at radius 2 is 0.964 bits per heavy atom. The van der Waals surface area contributed by atoms with Gasteiger partial charge in [-0.1, -0.05) is 42.5 Å². The predicted molar refractivity (Wildman–Crippen MR) is 93.9 cm³/mol. The fourth-order valence-electron chi connectivity index (χ4n) is 3.34. The number of hydrogen-bond donors (Lipinski definition) is 0. The Balaban J connectivity index is 1.92. The zero-order chi connectivity index (χ0) is 20.2. The molecule has 0 atom stereocenters. The summed E-state index contributed by atoms with van der Waals surface area (Å²) in [5, 5.41) is 0. The monoisotopic (exact) mass is 393 g/mol. The molecule has 28 heavy (non-hydrogen) atoms. The number of hydrogen-bond acceptors (Lipinski definition) is 1. The molecule has 1 nitrogen and oxygen atoms in total. The van der Waals surface area contributed by atoms with Gasteiger partial charge in [0.05, 0.1) is 0 Å². The molecule has 4 rings (SSSR count). The highest BCUT2D eigenvalue weighted by Gasteiger charge is 2.79. The third-order valence-electron chi connectivity index (χ3n) is 4.76. The highest BCUT2D eigenvalue weighted by molar-refractivity contribution is 5.77. The van der Waals surface area contributed by atoms with Crippen LogP contribution in [0.25, 0.3) is 0 Å². The molecule has 0 aromatic heterocycles. The fourth-order valence-corrected chi connectivity index (χ4v) is 3.34. The first-order chi connectivity index (χ1) is 13.2. The Morgan fingerprint density at radius 1 is 0.500 bits per heavy atom. The summed E-state index contributed by atoms with van der Waals surface area (Å²) in [5.41, 5.74) is -1.52. The van der Waals surface area contributed by atoms with Crippen LogP contribution in [0.4, 0.5) is 43.4 Å². The van der Waals surface area contributed by atoms with E-state index in [-0.39, 0.29) is 5.69 Å². The molecule has 0 fully saturated rings. The number of anilines is 3. The molecule has 1 aliphatic rings. The molecule has 0 N–H and O–H groups in total. The SMILES string of the molecule is FC1(F)c2ccc(N(c3ccccc3)c3ccccc3)cc2C(F)(F)C1(F)F. The number of fused-ring (bicyclic) bond motifs is 1. The van der Waals surface area contributed by atoms with Crippen molar-refractivity contribution in [3.8, 4) is 0 Å². The zero-order valence-electron chi connectivity index (χ0n) is 14.2. The van der Waals surface area contributed by atoms with Crippen LogP contribution in [0, 0.1) is 0 Å². The van der Waals surface area contributed by atoms with Gasteiger partial charge in [-0.15, -0.1) is 0 Å². The summed E-state index contributed by atoms with van der Waals surface area (Å²) < 4.78 is 83.8. The molecule has 144 valence electrons. The van der Waals surface area contributed by atoms with Gasteiger partial charge in [0.1, 0.15) is 0 Å². The molecule has 0 bridgehead atoms. The van der Waals surface area contributed by atoms with Crippen molar-refractivity contribution >= 4 is 17.1 Å². The first-order valence-corrected chi connectivity index (χ1v) is 8.36. The van der Waals surface area contributed by atoms with Crippen LogP contribution in [0.2, 0.25) is 0 Å². The Hall–Kier alpha value is -2.96. The maximum Gasteiger partial charge on any atom is 0.380 e. The normalized spacial score (nSPS) is 18.5. The van der Waals surface area contributed by atoms with Gasteiger partial charge >= 0.3 is 17.8 Å². The molecule has 0 amide bonds. The number of para-hydroxylation sites is 2. The molecule has 0 spiro atoms. The van der Waals surface area contributed by atoms with Crippen molar-refractivity contribution in [2.24, 2.45) is 0 Å². The molecule has 0 unspecified atom stereocenters. The molecule has 0 saturated heterocycles. The summed E-state index contributed by atoms with van der Waals surface area (Å²) in [5.74, 6) is -15.4. The summed E-state index contributed by atoms with van der Waals surface area (Å²) in [6.45, 7) is 0. The summed E-state index contributed by atoms with van der Waals surface area (Å²) in [6.07, 6.45) is 0. The molecular weight excluding hydrogens is 380 g/mol. The lowest BCUT2D eigenvalue weighted by atomic mass is 10.1. The summed E-state index contributed by atoms with van der Waals surface area (Å²) >= 11 is 0. The van der Waals surface area contributed by atoms with Crippen LogP contribution < -0.4 is 4.90 Å². The molecule has 0 aliphatic heterocycles. The molecule has 0 radical (unpaired) electrons. The van der Waals surface area contributed by atoms with E-state index >= 15 is 0 Å². The van der Waals surface area contributed by atoms with E-state index in [0.717, 1.165) is 6.07 Å². The smallest absolute Gasteiger partial charge is 0.310 e. The lowest BCUT2D eigenvalue weighted by Gasteiger charge is -2.26. The topological polar surface area (TPSA) is 3.24 Å².